The van der Waals surface area contributed by atoms with E-state index >= 15 is 0 Å². The molecule has 0 bridgehead atoms. The minimum absolute atomic E-state index is 0. The Morgan fingerprint density at radius 3 is 0.929 bits per heavy atom. The fourth-order valence-electron chi connectivity index (χ4n) is 1.45. The molecule has 2 heterocycles. The van der Waals surface area contributed by atoms with Gasteiger partial charge in [-0.2, -0.15) is 0 Å². The normalized spacial score (nSPS) is 8.21. The number of aromatic nitrogens is 2. The van der Waals surface area contributed by atoms with E-state index in [1.54, 1.807) is 52.2 Å². The van der Waals surface area contributed by atoms with E-state index in [1.807, 2.05) is 24.3 Å². The molecule has 0 aliphatic rings. The number of hydrogen-bond acceptors (Lipinski definition) is 4. The van der Waals surface area contributed by atoms with Gasteiger partial charge in [0.15, 0.2) is 0 Å². The second kappa shape index (κ2) is 22.6. The third-order valence-electron chi connectivity index (χ3n) is 2.58. The molecule has 0 atom stereocenters. The zero-order valence-corrected chi connectivity index (χ0v) is 20.9. The van der Waals surface area contributed by atoms with Crippen molar-refractivity contribution in [3.05, 3.63) is 60.2 Å². The van der Waals surface area contributed by atoms with Crippen molar-refractivity contribution in [2.24, 2.45) is 0 Å². The predicted molar refractivity (Wildman–Crippen MR) is 101 cm³/mol. The molecular formula is C16H34Ir2N2O8. The van der Waals surface area contributed by atoms with Crippen molar-refractivity contribution in [3.63, 3.8) is 0 Å². The molecule has 0 spiro atoms. The van der Waals surface area contributed by atoms with E-state index in [1.165, 1.54) is 0 Å². The first-order valence-electron chi connectivity index (χ1n) is 6.49. The summed E-state index contributed by atoms with van der Waals surface area (Å²) in [4.78, 5) is 8.00. The number of hydrogen-bond donors (Lipinski definition) is 2. The second-order valence-corrected chi connectivity index (χ2v) is 5.55. The Hall–Kier alpha value is -0.721. The first-order chi connectivity index (χ1) is 9.21. The summed E-state index contributed by atoms with van der Waals surface area (Å²) in [6.07, 6.45) is 3.35. The molecular weight excluding hydrogens is 733 g/mol. The van der Waals surface area contributed by atoms with Gasteiger partial charge in [-0.15, -0.1) is 0 Å². The maximum Gasteiger partial charge on any atom is 0.101 e. The minimum atomic E-state index is -0.818. The average Bonchev–Trinajstić information content (AvgIpc) is 2.40. The third kappa shape index (κ3) is 20.0. The van der Waals surface area contributed by atoms with Gasteiger partial charge < -0.3 is 43.1 Å². The minimum Gasteiger partial charge on any atom is -0.412 e. The molecule has 0 saturated carbocycles. The number of aliphatic hydroxyl groups is 2. The van der Waals surface area contributed by atoms with Gasteiger partial charge in [0.05, 0.1) is 11.4 Å². The molecule has 0 aromatic carbocycles. The monoisotopic (exact) mass is 768 g/mol. The van der Waals surface area contributed by atoms with E-state index in [0.29, 0.717) is 11.4 Å². The molecule has 0 aliphatic heterocycles. The molecule has 0 unspecified atom stereocenters. The van der Waals surface area contributed by atoms with Crippen LogP contribution >= 0.6 is 0 Å². The van der Waals surface area contributed by atoms with Gasteiger partial charge in [0.25, 0.3) is 0 Å². The molecule has 14 N–H and O–H groups in total. The molecule has 174 valence electrons. The summed E-state index contributed by atoms with van der Waals surface area (Å²) < 4.78 is 0. The molecule has 0 fully saturated rings. The van der Waals surface area contributed by atoms with Crippen LogP contribution in [0.15, 0.2) is 48.8 Å². The van der Waals surface area contributed by atoms with Gasteiger partial charge in [-0.05, 0) is 52.0 Å². The summed E-state index contributed by atoms with van der Waals surface area (Å²) in [5.74, 6) is 0. The first-order valence-corrected chi connectivity index (χ1v) is 6.49. The fourth-order valence-corrected chi connectivity index (χ4v) is 1.45. The molecule has 0 saturated heterocycles. The Balaban J connectivity index is -0.0000000370. The number of pyridine rings is 2. The van der Waals surface area contributed by atoms with Gasteiger partial charge >= 0.3 is 0 Å². The van der Waals surface area contributed by atoms with Gasteiger partial charge in [0.2, 0.25) is 0 Å². The van der Waals surface area contributed by atoms with Gasteiger partial charge in [-0.25, -0.2) is 0 Å². The largest absolute Gasteiger partial charge is 0.412 e. The van der Waals surface area contributed by atoms with Crippen molar-refractivity contribution >= 4 is 0 Å². The molecule has 10 nitrogen and oxygen atoms in total. The molecule has 2 radical (unpaired) electrons. The fraction of sp³-hybridized carbons (Fsp3) is 0.375. The van der Waals surface area contributed by atoms with E-state index in [9.17, 15) is 10.2 Å². The maximum absolute atomic E-state index is 9.43. The molecule has 0 amide bonds. The van der Waals surface area contributed by atoms with Crippen LogP contribution in [0.2, 0.25) is 0 Å². The predicted octanol–water partition coefficient (Wildman–Crippen LogP) is -2.34. The van der Waals surface area contributed by atoms with Crippen LogP contribution in [0.4, 0.5) is 0 Å². The van der Waals surface area contributed by atoms with Crippen LogP contribution in [0.25, 0.3) is 0 Å². The van der Waals surface area contributed by atoms with Crippen LogP contribution in [-0.4, -0.2) is 53.0 Å². The molecule has 28 heavy (non-hydrogen) atoms. The van der Waals surface area contributed by atoms with Crippen molar-refractivity contribution < 1.29 is 83.3 Å². The topological polar surface area (TPSA) is 255 Å². The van der Waals surface area contributed by atoms with Crippen molar-refractivity contribution in [2.45, 2.75) is 38.9 Å². The van der Waals surface area contributed by atoms with E-state index in [0.717, 1.165) is 0 Å². The quantitative estimate of drug-likeness (QED) is 0.341. The standard InChI is InChI=1S/2C8H11NO.2Ir.6H2O/c2*1-8(2,10)7-5-3-4-6-9-7;;;;;;;;/h2*3-6,10H,1-2H3;;;6*1H2. The second-order valence-electron chi connectivity index (χ2n) is 5.55. The summed E-state index contributed by atoms with van der Waals surface area (Å²) in [7, 11) is 0. The van der Waals surface area contributed by atoms with E-state index in [2.05, 4.69) is 9.97 Å². The Bertz CT molecular complexity index is 474. The van der Waals surface area contributed by atoms with E-state index in [-0.39, 0.29) is 73.1 Å². The van der Waals surface area contributed by atoms with Crippen LogP contribution in [0.1, 0.15) is 39.1 Å². The van der Waals surface area contributed by atoms with Crippen LogP contribution in [0.3, 0.4) is 0 Å². The summed E-state index contributed by atoms with van der Waals surface area (Å²) >= 11 is 0. The summed E-state index contributed by atoms with van der Waals surface area (Å²) in [6, 6.07) is 11.0. The zero-order valence-electron chi connectivity index (χ0n) is 16.1. The van der Waals surface area contributed by atoms with E-state index in [4.69, 9.17) is 0 Å². The van der Waals surface area contributed by atoms with Crippen molar-refractivity contribution in [1.82, 2.24) is 9.97 Å². The summed E-state index contributed by atoms with van der Waals surface area (Å²) in [5, 5.41) is 18.9. The smallest absolute Gasteiger partial charge is 0.101 e. The Kier molecular flexibility index (Phi) is 40.8. The number of nitrogens with zero attached hydrogens (tertiary/aromatic N) is 2. The zero-order chi connectivity index (χ0) is 15.2. The van der Waals surface area contributed by atoms with Crippen LogP contribution in [0, 0.1) is 0 Å². The molecule has 0 aliphatic carbocycles. The summed E-state index contributed by atoms with van der Waals surface area (Å²) in [5.41, 5.74) is -0.229. The Labute approximate surface area is 192 Å². The molecule has 2 aromatic rings. The van der Waals surface area contributed by atoms with Crippen LogP contribution in [0.5, 0.6) is 0 Å². The van der Waals surface area contributed by atoms with Crippen LogP contribution < -0.4 is 0 Å². The average molecular weight is 767 g/mol. The van der Waals surface area contributed by atoms with Crippen molar-refractivity contribution in [1.29, 1.82) is 0 Å². The number of rotatable bonds is 2. The van der Waals surface area contributed by atoms with Crippen LogP contribution in [-0.2, 0) is 51.4 Å². The van der Waals surface area contributed by atoms with Crippen molar-refractivity contribution in [2.75, 3.05) is 0 Å². The van der Waals surface area contributed by atoms with Crippen molar-refractivity contribution in [3.8, 4) is 0 Å². The Morgan fingerprint density at radius 2 is 0.821 bits per heavy atom. The maximum atomic E-state index is 9.43. The third-order valence-corrected chi connectivity index (χ3v) is 2.58. The first kappa shape index (κ1) is 50.7. The van der Waals surface area contributed by atoms with E-state index < -0.39 is 11.2 Å². The Morgan fingerprint density at radius 1 is 0.571 bits per heavy atom. The van der Waals surface area contributed by atoms with Gasteiger partial charge in [-0.3, -0.25) is 9.97 Å². The molecule has 12 heteroatoms. The SMILES string of the molecule is CC(C)(O)c1ccccn1.CC(C)(O)c1ccccn1.O.O.O.O.O.O.[Ir].[Ir]. The van der Waals surface area contributed by atoms with Gasteiger partial charge in [0, 0.05) is 52.6 Å². The van der Waals surface area contributed by atoms with Gasteiger partial charge in [0.1, 0.15) is 11.2 Å². The molecule has 2 aromatic heterocycles. The molecule has 2 rings (SSSR count). The summed E-state index contributed by atoms with van der Waals surface area (Å²) in [6.45, 7) is 6.87. The van der Waals surface area contributed by atoms with Gasteiger partial charge in [-0.1, -0.05) is 12.1 Å².